The van der Waals surface area contributed by atoms with Crippen LogP contribution in [0.15, 0.2) is 12.7 Å². The minimum Gasteiger partial charge on any atom is -0.377 e. The van der Waals surface area contributed by atoms with Gasteiger partial charge in [0, 0.05) is 12.6 Å². The number of hydrogen-bond donors (Lipinski definition) is 2. The van der Waals surface area contributed by atoms with Crippen LogP contribution in [0.2, 0.25) is 0 Å². The smallest absolute Gasteiger partial charge is 0.0742 e. The Balaban J connectivity index is 2.27. The average Bonchev–Trinajstić information content (AvgIpc) is 2.59. The van der Waals surface area contributed by atoms with E-state index < -0.39 is 0 Å². The SMILES string of the molecule is C=CCCC(NN)C1CCCO1. The fraction of sp³-hybridized carbons (Fsp3) is 0.778. The fourth-order valence-corrected chi connectivity index (χ4v) is 1.59. The average molecular weight is 170 g/mol. The Morgan fingerprint density at radius 3 is 3.08 bits per heavy atom. The highest BCUT2D eigenvalue weighted by molar-refractivity contribution is 4.81. The van der Waals surface area contributed by atoms with Crippen LogP contribution >= 0.6 is 0 Å². The highest BCUT2D eigenvalue weighted by Crippen LogP contribution is 2.17. The molecule has 1 saturated heterocycles. The summed E-state index contributed by atoms with van der Waals surface area (Å²) in [5.74, 6) is 5.43. The van der Waals surface area contributed by atoms with E-state index in [0.717, 1.165) is 32.3 Å². The van der Waals surface area contributed by atoms with Gasteiger partial charge in [-0.3, -0.25) is 11.3 Å². The summed E-state index contributed by atoms with van der Waals surface area (Å²) in [5, 5.41) is 0. The summed E-state index contributed by atoms with van der Waals surface area (Å²) >= 11 is 0. The summed E-state index contributed by atoms with van der Waals surface area (Å²) in [7, 11) is 0. The van der Waals surface area contributed by atoms with Crippen LogP contribution in [0.3, 0.4) is 0 Å². The molecule has 0 aromatic carbocycles. The largest absolute Gasteiger partial charge is 0.377 e. The Morgan fingerprint density at radius 2 is 2.58 bits per heavy atom. The molecule has 0 bridgehead atoms. The van der Waals surface area contributed by atoms with Gasteiger partial charge in [0.2, 0.25) is 0 Å². The molecule has 0 aromatic heterocycles. The summed E-state index contributed by atoms with van der Waals surface area (Å²) < 4.78 is 5.53. The number of hydrazine groups is 1. The third kappa shape index (κ3) is 2.59. The van der Waals surface area contributed by atoms with Crippen LogP contribution in [0.25, 0.3) is 0 Å². The molecule has 2 unspecified atom stereocenters. The molecule has 1 aliphatic heterocycles. The zero-order valence-electron chi connectivity index (χ0n) is 7.46. The van der Waals surface area contributed by atoms with Crippen molar-refractivity contribution in [1.29, 1.82) is 0 Å². The molecule has 0 spiro atoms. The van der Waals surface area contributed by atoms with E-state index in [2.05, 4.69) is 12.0 Å². The zero-order valence-corrected chi connectivity index (χ0v) is 7.46. The van der Waals surface area contributed by atoms with Crippen molar-refractivity contribution in [2.45, 2.75) is 37.8 Å². The van der Waals surface area contributed by atoms with Gasteiger partial charge in [-0.1, -0.05) is 6.08 Å². The second-order valence-corrected chi connectivity index (χ2v) is 3.19. The van der Waals surface area contributed by atoms with E-state index in [1.807, 2.05) is 6.08 Å². The molecule has 0 aromatic rings. The lowest BCUT2D eigenvalue weighted by atomic mass is 10.0. The first kappa shape index (κ1) is 9.71. The molecule has 1 heterocycles. The molecule has 0 aliphatic carbocycles. The maximum absolute atomic E-state index is 5.53. The molecule has 3 heteroatoms. The maximum atomic E-state index is 5.53. The first-order chi connectivity index (χ1) is 5.88. The van der Waals surface area contributed by atoms with Crippen LogP contribution in [0.1, 0.15) is 25.7 Å². The summed E-state index contributed by atoms with van der Waals surface area (Å²) in [6, 6.07) is 0.297. The quantitative estimate of drug-likeness (QED) is 0.367. The van der Waals surface area contributed by atoms with E-state index in [9.17, 15) is 0 Å². The molecule has 0 amide bonds. The van der Waals surface area contributed by atoms with Crippen molar-refractivity contribution in [1.82, 2.24) is 5.43 Å². The van der Waals surface area contributed by atoms with Gasteiger partial charge in [0.05, 0.1) is 6.10 Å². The predicted molar refractivity (Wildman–Crippen MR) is 49.5 cm³/mol. The van der Waals surface area contributed by atoms with Crippen LogP contribution in [0.4, 0.5) is 0 Å². The molecule has 0 radical (unpaired) electrons. The summed E-state index contributed by atoms with van der Waals surface area (Å²) in [5.41, 5.74) is 2.81. The summed E-state index contributed by atoms with van der Waals surface area (Å²) in [6.07, 6.45) is 6.54. The molecule has 3 N–H and O–H groups in total. The topological polar surface area (TPSA) is 47.3 Å². The van der Waals surface area contributed by atoms with Gasteiger partial charge in [-0.05, 0) is 25.7 Å². The van der Waals surface area contributed by atoms with Crippen LogP contribution < -0.4 is 11.3 Å². The third-order valence-electron chi connectivity index (χ3n) is 2.31. The number of nitrogens with two attached hydrogens (primary N) is 1. The lowest BCUT2D eigenvalue weighted by molar-refractivity contribution is 0.0760. The van der Waals surface area contributed by atoms with E-state index >= 15 is 0 Å². The van der Waals surface area contributed by atoms with Gasteiger partial charge in [0.15, 0.2) is 0 Å². The van der Waals surface area contributed by atoms with Crippen molar-refractivity contribution < 1.29 is 4.74 Å². The number of rotatable bonds is 5. The van der Waals surface area contributed by atoms with E-state index in [4.69, 9.17) is 10.6 Å². The Bertz CT molecular complexity index is 132. The minimum absolute atomic E-state index is 0.297. The second-order valence-electron chi connectivity index (χ2n) is 3.19. The van der Waals surface area contributed by atoms with Gasteiger partial charge in [0.1, 0.15) is 0 Å². The van der Waals surface area contributed by atoms with Crippen molar-refractivity contribution in [2.75, 3.05) is 6.61 Å². The van der Waals surface area contributed by atoms with Crippen LogP contribution in [-0.2, 0) is 4.74 Å². The van der Waals surface area contributed by atoms with Gasteiger partial charge in [-0.2, -0.15) is 0 Å². The Labute approximate surface area is 73.9 Å². The van der Waals surface area contributed by atoms with Crippen molar-refractivity contribution in [3.63, 3.8) is 0 Å². The highest BCUT2D eigenvalue weighted by Gasteiger charge is 2.23. The van der Waals surface area contributed by atoms with Crippen LogP contribution in [-0.4, -0.2) is 18.8 Å². The van der Waals surface area contributed by atoms with Gasteiger partial charge in [0.25, 0.3) is 0 Å². The monoisotopic (exact) mass is 170 g/mol. The van der Waals surface area contributed by atoms with Crippen molar-refractivity contribution in [3.8, 4) is 0 Å². The standard InChI is InChI=1S/C9H18N2O/c1-2-3-5-8(11-10)9-6-4-7-12-9/h2,8-9,11H,1,3-7,10H2. The number of hydrogen-bond acceptors (Lipinski definition) is 3. The predicted octanol–water partition coefficient (Wildman–Crippen LogP) is 0.963. The van der Waals surface area contributed by atoms with E-state index in [0.29, 0.717) is 12.1 Å². The molecular formula is C9H18N2O. The molecule has 1 aliphatic rings. The van der Waals surface area contributed by atoms with Gasteiger partial charge >= 0.3 is 0 Å². The van der Waals surface area contributed by atoms with Gasteiger partial charge in [-0.25, -0.2) is 0 Å². The zero-order chi connectivity index (χ0) is 8.81. The van der Waals surface area contributed by atoms with Gasteiger partial charge in [-0.15, -0.1) is 6.58 Å². The number of allylic oxidation sites excluding steroid dienone is 1. The molecule has 3 nitrogen and oxygen atoms in total. The van der Waals surface area contributed by atoms with Crippen molar-refractivity contribution >= 4 is 0 Å². The lowest BCUT2D eigenvalue weighted by Gasteiger charge is -2.21. The maximum Gasteiger partial charge on any atom is 0.0742 e. The molecule has 70 valence electrons. The molecule has 1 rings (SSSR count). The van der Waals surface area contributed by atoms with Gasteiger partial charge < -0.3 is 4.74 Å². The summed E-state index contributed by atoms with van der Waals surface area (Å²) in [6.45, 7) is 4.57. The Hall–Kier alpha value is -0.380. The Kier molecular flexibility index (Phi) is 4.29. The molecule has 2 atom stereocenters. The molecule has 12 heavy (non-hydrogen) atoms. The first-order valence-corrected chi connectivity index (χ1v) is 4.57. The Morgan fingerprint density at radius 1 is 1.75 bits per heavy atom. The third-order valence-corrected chi connectivity index (χ3v) is 2.31. The van der Waals surface area contributed by atoms with E-state index in [1.54, 1.807) is 0 Å². The van der Waals surface area contributed by atoms with Crippen LogP contribution in [0.5, 0.6) is 0 Å². The molecule has 0 saturated carbocycles. The number of ether oxygens (including phenoxy) is 1. The van der Waals surface area contributed by atoms with E-state index in [-0.39, 0.29) is 0 Å². The fourth-order valence-electron chi connectivity index (χ4n) is 1.59. The van der Waals surface area contributed by atoms with Crippen molar-refractivity contribution in [2.24, 2.45) is 5.84 Å². The molecular weight excluding hydrogens is 152 g/mol. The summed E-state index contributed by atoms with van der Waals surface area (Å²) in [4.78, 5) is 0. The van der Waals surface area contributed by atoms with Crippen LogP contribution in [0, 0.1) is 0 Å². The lowest BCUT2D eigenvalue weighted by Crippen LogP contribution is -2.43. The second kappa shape index (κ2) is 5.30. The number of nitrogens with one attached hydrogen (secondary N) is 1. The van der Waals surface area contributed by atoms with Crippen molar-refractivity contribution in [3.05, 3.63) is 12.7 Å². The normalized spacial score (nSPS) is 25.6. The van der Waals surface area contributed by atoms with E-state index in [1.165, 1.54) is 0 Å². The highest BCUT2D eigenvalue weighted by atomic mass is 16.5. The molecule has 1 fully saturated rings. The first-order valence-electron chi connectivity index (χ1n) is 4.57. The minimum atomic E-state index is 0.297.